The van der Waals surface area contributed by atoms with Crippen molar-refractivity contribution in [3.63, 3.8) is 0 Å². The molecule has 3 heteroatoms. The van der Waals surface area contributed by atoms with E-state index in [4.69, 9.17) is 0 Å². The lowest BCUT2D eigenvalue weighted by molar-refractivity contribution is 0.474. The quantitative estimate of drug-likeness (QED) is 0.862. The van der Waals surface area contributed by atoms with E-state index in [1.807, 2.05) is 18.2 Å². The molecule has 0 saturated carbocycles. The molecule has 1 unspecified atom stereocenters. The Morgan fingerprint density at radius 1 is 1.16 bits per heavy atom. The number of rotatable bonds is 5. The van der Waals surface area contributed by atoms with Crippen molar-refractivity contribution in [3.05, 3.63) is 65.5 Å². The molecule has 0 aliphatic carbocycles. The van der Waals surface area contributed by atoms with Crippen molar-refractivity contribution in [1.82, 2.24) is 5.32 Å². The Hall–Kier alpha value is -1.87. The van der Waals surface area contributed by atoms with Crippen LogP contribution in [0.3, 0.4) is 0 Å². The van der Waals surface area contributed by atoms with Crippen molar-refractivity contribution in [1.29, 1.82) is 0 Å². The van der Waals surface area contributed by atoms with Crippen LogP contribution < -0.4 is 5.32 Å². The van der Waals surface area contributed by atoms with Gasteiger partial charge in [-0.25, -0.2) is 4.39 Å². The Labute approximate surface area is 112 Å². The summed E-state index contributed by atoms with van der Waals surface area (Å²) in [5, 5.41) is 12.6. The van der Waals surface area contributed by atoms with Crippen LogP contribution in [0.15, 0.2) is 48.5 Å². The first-order chi connectivity index (χ1) is 9.15. The second kappa shape index (κ2) is 6.34. The molecule has 2 rings (SSSR count). The normalized spacial score (nSPS) is 12.3. The maximum Gasteiger partial charge on any atom is 0.123 e. The molecule has 0 aromatic heterocycles. The van der Waals surface area contributed by atoms with Gasteiger partial charge in [0.05, 0.1) is 0 Å². The summed E-state index contributed by atoms with van der Waals surface area (Å²) in [5.74, 6) is 0.0831. The van der Waals surface area contributed by atoms with Crippen LogP contribution in [0.2, 0.25) is 0 Å². The van der Waals surface area contributed by atoms with Crippen LogP contribution in [0, 0.1) is 5.82 Å². The van der Waals surface area contributed by atoms with Gasteiger partial charge in [0.2, 0.25) is 0 Å². The summed E-state index contributed by atoms with van der Waals surface area (Å²) >= 11 is 0. The lowest BCUT2D eigenvalue weighted by Gasteiger charge is -2.14. The van der Waals surface area contributed by atoms with Crippen LogP contribution >= 0.6 is 0 Å². The summed E-state index contributed by atoms with van der Waals surface area (Å²) in [6.07, 6.45) is 0.792. The van der Waals surface area contributed by atoms with Crippen LogP contribution in [0.1, 0.15) is 24.1 Å². The highest BCUT2D eigenvalue weighted by atomic mass is 19.1. The highest BCUT2D eigenvalue weighted by Gasteiger charge is 2.04. The van der Waals surface area contributed by atoms with Crippen LogP contribution in [-0.2, 0) is 6.42 Å². The van der Waals surface area contributed by atoms with Gasteiger partial charge in [0, 0.05) is 6.04 Å². The molecule has 0 heterocycles. The molecule has 0 spiro atoms. The zero-order valence-corrected chi connectivity index (χ0v) is 10.9. The minimum Gasteiger partial charge on any atom is -0.508 e. The van der Waals surface area contributed by atoms with E-state index in [1.165, 1.54) is 6.07 Å². The molecule has 2 aromatic rings. The minimum absolute atomic E-state index is 0.191. The third-order valence-corrected chi connectivity index (χ3v) is 3.15. The van der Waals surface area contributed by atoms with Gasteiger partial charge in [0.15, 0.2) is 0 Å². The maximum absolute atomic E-state index is 13.0. The topological polar surface area (TPSA) is 32.3 Å². The monoisotopic (exact) mass is 259 g/mol. The molecule has 0 saturated heterocycles. The lowest BCUT2D eigenvalue weighted by atomic mass is 10.1. The van der Waals surface area contributed by atoms with Gasteiger partial charge in [0.25, 0.3) is 0 Å². The number of hydrogen-bond donors (Lipinski definition) is 2. The smallest absolute Gasteiger partial charge is 0.123 e. The number of nitrogens with one attached hydrogen (secondary N) is 1. The predicted octanol–water partition coefficient (Wildman–Crippen LogP) is 3.42. The average Bonchev–Trinajstić information content (AvgIpc) is 2.39. The molecule has 19 heavy (non-hydrogen) atoms. The van der Waals surface area contributed by atoms with Crippen molar-refractivity contribution in [2.24, 2.45) is 0 Å². The third-order valence-electron chi connectivity index (χ3n) is 3.15. The fourth-order valence-electron chi connectivity index (χ4n) is 2.01. The van der Waals surface area contributed by atoms with E-state index in [-0.39, 0.29) is 17.6 Å². The Kier molecular flexibility index (Phi) is 4.53. The van der Waals surface area contributed by atoms with E-state index in [9.17, 15) is 9.50 Å². The largest absolute Gasteiger partial charge is 0.508 e. The van der Waals surface area contributed by atoms with Gasteiger partial charge in [-0.15, -0.1) is 0 Å². The fourth-order valence-corrected chi connectivity index (χ4v) is 2.01. The molecule has 0 amide bonds. The van der Waals surface area contributed by atoms with Gasteiger partial charge >= 0.3 is 0 Å². The van der Waals surface area contributed by atoms with Crippen LogP contribution in [-0.4, -0.2) is 11.7 Å². The standard InChI is InChI=1S/C16H18FNO/c1-12(14-5-7-16(19)8-6-14)18-10-9-13-3-2-4-15(17)11-13/h2-8,11-12,18-19H,9-10H2,1H3. The Morgan fingerprint density at radius 3 is 2.58 bits per heavy atom. The van der Waals surface area contributed by atoms with Gasteiger partial charge in [-0.2, -0.15) is 0 Å². The van der Waals surface area contributed by atoms with Crippen molar-refractivity contribution in [3.8, 4) is 5.75 Å². The van der Waals surface area contributed by atoms with Crippen molar-refractivity contribution in [2.75, 3.05) is 6.54 Å². The number of aromatic hydroxyl groups is 1. The average molecular weight is 259 g/mol. The molecule has 2 nitrogen and oxygen atoms in total. The number of phenolic OH excluding ortho intramolecular Hbond substituents is 1. The molecular weight excluding hydrogens is 241 g/mol. The Balaban J connectivity index is 1.84. The third kappa shape index (κ3) is 4.07. The zero-order valence-electron chi connectivity index (χ0n) is 10.9. The van der Waals surface area contributed by atoms with Crippen molar-refractivity contribution >= 4 is 0 Å². The summed E-state index contributed by atoms with van der Waals surface area (Å²) in [6.45, 7) is 2.85. The number of benzene rings is 2. The van der Waals surface area contributed by atoms with Gasteiger partial charge in [-0.05, 0) is 55.3 Å². The Bertz CT molecular complexity index is 525. The van der Waals surface area contributed by atoms with Gasteiger partial charge < -0.3 is 10.4 Å². The predicted molar refractivity (Wildman–Crippen MR) is 74.6 cm³/mol. The van der Waals surface area contributed by atoms with Crippen LogP contribution in [0.5, 0.6) is 5.75 Å². The molecule has 0 fully saturated rings. The second-order valence-corrected chi connectivity index (χ2v) is 4.65. The summed E-state index contributed by atoms with van der Waals surface area (Å²) in [7, 11) is 0. The van der Waals surface area contributed by atoms with Gasteiger partial charge in [-0.1, -0.05) is 24.3 Å². The summed E-state index contributed by atoms with van der Waals surface area (Å²) < 4.78 is 13.0. The molecule has 1 atom stereocenters. The number of halogens is 1. The summed E-state index contributed by atoms with van der Waals surface area (Å²) in [4.78, 5) is 0. The van der Waals surface area contributed by atoms with E-state index in [1.54, 1.807) is 24.3 Å². The molecule has 2 aromatic carbocycles. The Morgan fingerprint density at radius 2 is 1.89 bits per heavy atom. The molecule has 0 bridgehead atoms. The molecule has 2 N–H and O–H groups in total. The van der Waals surface area contributed by atoms with Crippen LogP contribution in [0.25, 0.3) is 0 Å². The fraction of sp³-hybridized carbons (Fsp3) is 0.250. The highest BCUT2D eigenvalue weighted by Crippen LogP contribution is 2.16. The van der Waals surface area contributed by atoms with Crippen molar-refractivity contribution < 1.29 is 9.50 Å². The van der Waals surface area contributed by atoms with Gasteiger partial charge in [-0.3, -0.25) is 0 Å². The van der Waals surface area contributed by atoms with E-state index >= 15 is 0 Å². The summed E-state index contributed by atoms with van der Waals surface area (Å²) in [6, 6.07) is 14.0. The maximum atomic E-state index is 13.0. The minimum atomic E-state index is -0.191. The van der Waals surface area contributed by atoms with Crippen molar-refractivity contribution in [2.45, 2.75) is 19.4 Å². The summed E-state index contributed by atoms with van der Waals surface area (Å²) in [5.41, 5.74) is 2.11. The van der Waals surface area contributed by atoms with E-state index in [0.29, 0.717) is 0 Å². The lowest BCUT2D eigenvalue weighted by Crippen LogP contribution is -2.21. The van der Waals surface area contributed by atoms with E-state index in [0.717, 1.165) is 24.1 Å². The SMILES string of the molecule is CC(NCCc1cccc(F)c1)c1ccc(O)cc1. The molecule has 0 aliphatic heterocycles. The zero-order chi connectivity index (χ0) is 13.7. The first kappa shape index (κ1) is 13.6. The number of phenols is 1. The van der Waals surface area contributed by atoms with Gasteiger partial charge in [0.1, 0.15) is 11.6 Å². The second-order valence-electron chi connectivity index (χ2n) is 4.65. The van der Waals surface area contributed by atoms with E-state index in [2.05, 4.69) is 12.2 Å². The first-order valence-corrected chi connectivity index (χ1v) is 6.42. The molecule has 0 aliphatic rings. The number of hydrogen-bond acceptors (Lipinski definition) is 2. The first-order valence-electron chi connectivity index (χ1n) is 6.42. The van der Waals surface area contributed by atoms with E-state index < -0.39 is 0 Å². The highest BCUT2D eigenvalue weighted by molar-refractivity contribution is 5.27. The molecule has 0 radical (unpaired) electrons. The molecular formula is C16H18FNO. The molecule has 100 valence electrons. The van der Waals surface area contributed by atoms with Crippen LogP contribution in [0.4, 0.5) is 4.39 Å².